The lowest BCUT2D eigenvalue weighted by Crippen LogP contribution is -2.38. The van der Waals surface area contributed by atoms with Crippen molar-refractivity contribution in [1.29, 1.82) is 0 Å². The van der Waals surface area contributed by atoms with Gasteiger partial charge < -0.3 is 15.1 Å². The van der Waals surface area contributed by atoms with Crippen molar-refractivity contribution in [3.63, 3.8) is 0 Å². The molecule has 0 aromatic carbocycles. The van der Waals surface area contributed by atoms with Crippen LogP contribution in [0.1, 0.15) is 37.9 Å². The lowest BCUT2D eigenvalue weighted by molar-refractivity contribution is 0.325. The third-order valence-corrected chi connectivity index (χ3v) is 4.47. The summed E-state index contributed by atoms with van der Waals surface area (Å²) in [6, 6.07) is 5.51. The Kier molecular flexibility index (Phi) is 4.01. The molecule has 1 aliphatic heterocycles. The highest BCUT2D eigenvalue weighted by Gasteiger charge is 2.34. The summed E-state index contributed by atoms with van der Waals surface area (Å²) in [5, 5.41) is 7.35. The quantitative estimate of drug-likeness (QED) is 0.785. The maximum absolute atomic E-state index is 5.33. The standard InChI is InChI=1S/C15H24N2O/c1-2-6-15-12(4-1)10-13(17-15)11-16-8-7-14-5-3-9-18-14/h3,5,9,12-13,15-17H,1-2,4,6-8,10-11H2. The first-order chi connectivity index (χ1) is 8.92. The number of furan rings is 1. The fourth-order valence-corrected chi connectivity index (χ4v) is 3.53. The van der Waals surface area contributed by atoms with Crippen molar-refractivity contribution >= 4 is 0 Å². The first-order valence-electron chi connectivity index (χ1n) is 7.41. The summed E-state index contributed by atoms with van der Waals surface area (Å²) < 4.78 is 5.33. The molecule has 1 saturated heterocycles. The zero-order valence-corrected chi connectivity index (χ0v) is 11.0. The Morgan fingerprint density at radius 2 is 2.28 bits per heavy atom. The molecule has 0 radical (unpaired) electrons. The van der Waals surface area contributed by atoms with Crippen LogP contribution in [0.15, 0.2) is 22.8 Å². The molecule has 0 spiro atoms. The summed E-state index contributed by atoms with van der Waals surface area (Å²) in [6.07, 6.45) is 9.83. The Bertz CT molecular complexity index is 335. The third kappa shape index (κ3) is 2.96. The topological polar surface area (TPSA) is 37.2 Å². The molecule has 3 atom stereocenters. The van der Waals surface area contributed by atoms with E-state index in [0.717, 1.165) is 37.2 Å². The van der Waals surface area contributed by atoms with Crippen molar-refractivity contribution in [2.24, 2.45) is 5.92 Å². The van der Waals surface area contributed by atoms with E-state index in [0.29, 0.717) is 6.04 Å². The molecule has 1 aliphatic carbocycles. The van der Waals surface area contributed by atoms with Gasteiger partial charge in [-0.15, -0.1) is 0 Å². The normalized spacial score (nSPS) is 31.4. The highest BCUT2D eigenvalue weighted by atomic mass is 16.3. The van der Waals surface area contributed by atoms with E-state index in [2.05, 4.69) is 10.6 Å². The number of fused-ring (bicyclic) bond motifs is 1. The zero-order valence-electron chi connectivity index (χ0n) is 11.0. The number of rotatable bonds is 5. The molecule has 3 rings (SSSR count). The molecule has 2 heterocycles. The Morgan fingerprint density at radius 1 is 1.33 bits per heavy atom. The Labute approximate surface area is 109 Å². The molecule has 3 heteroatoms. The van der Waals surface area contributed by atoms with Crippen molar-refractivity contribution < 1.29 is 4.42 Å². The van der Waals surface area contributed by atoms with Crippen molar-refractivity contribution in [3.8, 4) is 0 Å². The minimum absolute atomic E-state index is 0.690. The largest absolute Gasteiger partial charge is 0.469 e. The first-order valence-corrected chi connectivity index (χ1v) is 7.41. The summed E-state index contributed by atoms with van der Waals surface area (Å²) in [7, 11) is 0. The number of hydrogen-bond acceptors (Lipinski definition) is 3. The van der Waals surface area contributed by atoms with Gasteiger partial charge in [0.15, 0.2) is 0 Å². The highest BCUT2D eigenvalue weighted by molar-refractivity contribution is 4.98. The van der Waals surface area contributed by atoms with Crippen LogP contribution in [-0.2, 0) is 6.42 Å². The van der Waals surface area contributed by atoms with E-state index >= 15 is 0 Å². The molecule has 0 bridgehead atoms. The van der Waals surface area contributed by atoms with Crippen LogP contribution in [0.2, 0.25) is 0 Å². The van der Waals surface area contributed by atoms with Crippen LogP contribution in [0.4, 0.5) is 0 Å². The Morgan fingerprint density at radius 3 is 3.11 bits per heavy atom. The van der Waals surface area contributed by atoms with E-state index < -0.39 is 0 Å². The van der Waals surface area contributed by atoms with Crippen molar-refractivity contribution in [2.45, 2.75) is 50.6 Å². The second kappa shape index (κ2) is 5.89. The van der Waals surface area contributed by atoms with E-state index in [1.807, 2.05) is 12.1 Å². The lowest BCUT2D eigenvalue weighted by Gasteiger charge is -2.24. The van der Waals surface area contributed by atoms with Gasteiger partial charge in [-0.1, -0.05) is 12.8 Å². The van der Waals surface area contributed by atoms with Crippen molar-refractivity contribution in [3.05, 3.63) is 24.2 Å². The van der Waals surface area contributed by atoms with Gasteiger partial charge in [-0.2, -0.15) is 0 Å². The Balaban J connectivity index is 1.34. The van der Waals surface area contributed by atoms with Crippen LogP contribution in [0.25, 0.3) is 0 Å². The molecule has 0 amide bonds. The fraction of sp³-hybridized carbons (Fsp3) is 0.733. The van der Waals surface area contributed by atoms with Crippen LogP contribution in [0.5, 0.6) is 0 Å². The summed E-state index contributed by atoms with van der Waals surface area (Å²) in [5.41, 5.74) is 0. The molecule has 1 saturated carbocycles. The van der Waals surface area contributed by atoms with E-state index in [4.69, 9.17) is 4.42 Å². The van der Waals surface area contributed by atoms with Gasteiger partial charge >= 0.3 is 0 Å². The summed E-state index contributed by atoms with van der Waals surface area (Å²) in [6.45, 7) is 2.12. The van der Waals surface area contributed by atoms with Crippen LogP contribution >= 0.6 is 0 Å². The molecule has 1 aromatic heterocycles. The zero-order chi connectivity index (χ0) is 12.2. The number of hydrogen-bond donors (Lipinski definition) is 2. The van der Waals surface area contributed by atoms with Crippen LogP contribution in [0, 0.1) is 5.92 Å². The smallest absolute Gasteiger partial charge is 0.105 e. The van der Waals surface area contributed by atoms with Gasteiger partial charge in [0.1, 0.15) is 5.76 Å². The van der Waals surface area contributed by atoms with Gasteiger partial charge in [0.25, 0.3) is 0 Å². The third-order valence-electron chi connectivity index (χ3n) is 4.47. The van der Waals surface area contributed by atoms with Gasteiger partial charge in [0.2, 0.25) is 0 Å². The predicted octanol–water partition coefficient (Wildman–Crippen LogP) is 2.33. The van der Waals surface area contributed by atoms with Gasteiger partial charge in [0, 0.05) is 31.6 Å². The second-order valence-corrected chi connectivity index (χ2v) is 5.78. The summed E-state index contributed by atoms with van der Waals surface area (Å²) >= 11 is 0. The van der Waals surface area contributed by atoms with Gasteiger partial charge in [0.05, 0.1) is 6.26 Å². The Hall–Kier alpha value is -0.800. The average Bonchev–Trinajstić information content (AvgIpc) is 3.03. The second-order valence-electron chi connectivity index (χ2n) is 5.78. The van der Waals surface area contributed by atoms with Crippen molar-refractivity contribution in [2.75, 3.05) is 13.1 Å². The first kappa shape index (κ1) is 12.2. The minimum Gasteiger partial charge on any atom is -0.469 e. The predicted molar refractivity (Wildman–Crippen MR) is 72.6 cm³/mol. The van der Waals surface area contributed by atoms with Gasteiger partial charge in [-0.25, -0.2) is 0 Å². The molecule has 3 unspecified atom stereocenters. The minimum atomic E-state index is 0.690. The monoisotopic (exact) mass is 248 g/mol. The molecule has 2 N–H and O–H groups in total. The van der Waals surface area contributed by atoms with Crippen LogP contribution < -0.4 is 10.6 Å². The number of nitrogens with one attached hydrogen (secondary N) is 2. The van der Waals surface area contributed by atoms with E-state index in [1.165, 1.54) is 32.1 Å². The summed E-state index contributed by atoms with van der Waals surface area (Å²) in [4.78, 5) is 0. The highest BCUT2D eigenvalue weighted by Crippen LogP contribution is 2.32. The molecule has 2 fully saturated rings. The maximum Gasteiger partial charge on any atom is 0.105 e. The molecule has 18 heavy (non-hydrogen) atoms. The molecule has 1 aromatic rings. The maximum atomic E-state index is 5.33. The van der Waals surface area contributed by atoms with E-state index in [1.54, 1.807) is 6.26 Å². The van der Waals surface area contributed by atoms with E-state index in [9.17, 15) is 0 Å². The molecule has 100 valence electrons. The fourth-order valence-electron chi connectivity index (χ4n) is 3.53. The SMILES string of the molecule is c1coc(CCNCC2CC3CCCCC3N2)c1. The van der Waals surface area contributed by atoms with Gasteiger partial charge in [-0.05, 0) is 37.3 Å². The molecule has 3 nitrogen and oxygen atoms in total. The molecule has 2 aliphatic rings. The summed E-state index contributed by atoms with van der Waals surface area (Å²) in [5.74, 6) is 2.03. The van der Waals surface area contributed by atoms with Crippen molar-refractivity contribution in [1.82, 2.24) is 10.6 Å². The van der Waals surface area contributed by atoms with E-state index in [-0.39, 0.29) is 0 Å². The lowest BCUT2D eigenvalue weighted by atomic mass is 9.85. The average molecular weight is 248 g/mol. The molecular formula is C15H24N2O. The van der Waals surface area contributed by atoms with Gasteiger partial charge in [-0.3, -0.25) is 0 Å². The van der Waals surface area contributed by atoms with Crippen LogP contribution in [0.3, 0.4) is 0 Å². The molecular weight excluding hydrogens is 224 g/mol. The van der Waals surface area contributed by atoms with Crippen LogP contribution in [-0.4, -0.2) is 25.2 Å².